The highest BCUT2D eigenvalue weighted by Crippen LogP contribution is 2.12. The van der Waals surface area contributed by atoms with Crippen LogP contribution in [0.2, 0.25) is 0 Å². The average molecular weight is 156 g/mol. The molecule has 0 fully saturated rings. The molecule has 10 heavy (non-hydrogen) atoms. The molecule has 0 atom stereocenters. The van der Waals surface area contributed by atoms with Gasteiger partial charge in [0.25, 0.3) is 0 Å². The first-order chi connectivity index (χ1) is 4.83. The lowest BCUT2D eigenvalue weighted by molar-refractivity contribution is 0.667. The Balaban J connectivity index is 2.74. The van der Waals surface area contributed by atoms with Gasteiger partial charge in [-0.15, -0.1) is 0 Å². The standard InChI is InChI=1S/C8H9FS/c9-8-3-1-2-7(6-10)4-5-8/h1,3-5,10H,2,6H2. The summed E-state index contributed by atoms with van der Waals surface area (Å²) in [5, 5.41) is 0. The summed E-state index contributed by atoms with van der Waals surface area (Å²) in [5.41, 5.74) is 1.15. The van der Waals surface area contributed by atoms with Crippen molar-refractivity contribution in [1.82, 2.24) is 0 Å². The molecule has 0 aromatic carbocycles. The second-order valence-corrected chi connectivity index (χ2v) is 2.46. The van der Waals surface area contributed by atoms with Crippen LogP contribution in [-0.4, -0.2) is 5.75 Å². The van der Waals surface area contributed by atoms with Crippen molar-refractivity contribution in [3.63, 3.8) is 0 Å². The predicted octanol–water partition coefficient (Wildman–Crippen LogP) is 2.66. The van der Waals surface area contributed by atoms with E-state index >= 15 is 0 Å². The van der Waals surface area contributed by atoms with Crippen molar-refractivity contribution in [2.45, 2.75) is 6.42 Å². The molecule has 0 spiro atoms. The normalized spacial score (nSPS) is 17.8. The van der Waals surface area contributed by atoms with E-state index in [2.05, 4.69) is 12.6 Å². The molecule has 2 heteroatoms. The summed E-state index contributed by atoms with van der Waals surface area (Å²) in [6.45, 7) is 0. The van der Waals surface area contributed by atoms with Crippen molar-refractivity contribution in [1.29, 1.82) is 0 Å². The van der Waals surface area contributed by atoms with Gasteiger partial charge in [0.2, 0.25) is 0 Å². The molecule has 0 bridgehead atoms. The minimum Gasteiger partial charge on any atom is -0.207 e. The Morgan fingerprint density at radius 1 is 1.50 bits per heavy atom. The van der Waals surface area contributed by atoms with Gasteiger partial charge >= 0.3 is 0 Å². The van der Waals surface area contributed by atoms with E-state index in [1.807, 2.05) is 0 Å². The fourth-order valence-corrected chi connectivity index (χ4v) is 0.996. The quantitative estimate of drug-likeness (QED) is 0.554. The molecule has 0 amide bonds. The second kappa shape index (κ2) is 3.62. The minimum atomic E-state index is -0.184. The third kappa shape index (κ3) is 2.03. The van der Waals surface area contributed by atoms with Gasteiger partial charge < -0.3 is 0 Å². The van der Waals surface area contributed by atoms with E-state index in [0.29, 0.717) is 5.75 Å². The summed E-state index contributed by atoms with van der Waals surface area (Å²) in [7, 11) is 0. The molecule has 1 aliphatic rings. The summed E-state index contributed by atoms with van der Waals surface area (Å²) in [5.74, 6) is 0.519. The smallest absolute Gasteiger partial charge is 0.122 e. The number of hydrogen-bond acceptors (Lipinski definition) is 1. The molecule has 1 aliphatic carbocycles. The van der Waals surface area contributed by atoms with Gasteiger partial charge in [0.05, 0.1) is 0 Å². The molecule has 0 aliphatic heterocycles. The number of allylic oxidation sites excluding steroid dienone is 5. The van der Waals surface area contributed by atoms with E-state index in [9.17, 15) is 4.39 Å². The molecule has 0 saturated heterocycles. The first-order valence-electron chi connectivity index (χ1n) is 3.15. The molecular weight excluding hydrogens is 147 g/mol. The average Bonchev–Trinajstić information content (AvgIpc) is 2.14. The summed E-state index contributed by atoms with van der Waals surface area (Å²) >= 11 is 4.09. The van der Waals surface area contributed by atoms with Gasteiger partial charge in [-0.05, 0) is 18.6 Å². The molecule has 54 valence electrons. The zero-order valence-electron chi connectivity index (χ0n) is 5.55. The van der Waals surface area contributed by atoms with E-state index in [4.69, 9.17) is 0 Å². The molecule has 0 aromatic rings. The van der Waals surface area contributed by atoms with Crippen molar-refractivity contribution in [3.05, 3.63) is 35.7 Å². The first kappa shape index (κ1) is 7.61. The van der Waals surface area contributed by atoms with Crippen LogP contribution in [0.1, 0.15) is 6.42 Å². The van der Waals surface area contributed by atoms with Gasteiger partial charge in [-0.3, -0.25) is 0 Å². The van der Waals surface area contributed by atoms with Crippen LogP contribution in [0.4, 0.5) is 4.39 Å². The lowest BCUT2D eigenvalue weighted by Gasteiger charge is -1.93. The van der Waals surface area contributed by atoms with Crippen molar-refractivity contribution in [3.8, 4) is 0 Å². The van der Waals surface area contributed by atoms with Crippen LogP contribution in [0.3, 0.4) is 0 Å². The molecule has 1 rings (SSSR count). The maximum absolute atomic E-state index is 12.5. The Bertz CT molecular complexity index is 201. The molecule has 0 radical (unpaired) electrons. The van der Waals surface area contributed by atoms with Crippen LogP contribution in [0.5, 0.6) is 0 Å². The zero-order chi connectivity index (χ0) is 7.40. The highest BCUT2D eigenvalue weighted by atomic mass is 32.1. The van der Waals surface area contributed by atoms with Crippen LogP contribution in [0.15, 0.2) is 35.7 Å². The van der Waals surface area contributed by atoms with Gasteiger partial charge in [-0.2, -0.15) is 12.6 Å². The zero-order valence-corrected chi connectivity index (χ0v) is 6.44. The summed E-state index contributed by atoms with van der Waals surface area (Å²) in [4.78, 5) is 0. The highest BCUT2D eigenvalue weighted by molar-refractivity contribution is 7.80. The monoisotopic (exact) mass is 156 g/mol. The van der Waals surface area contributed by atoms with Crippen molar-refractivity contribution < 1.29 is 4.39 Å². The fourth-order valence-electron chi connectivity index (χ4n) is 0.761. The van der Waals surface area contributed by atoms with Crippen LogP contribution in [0.25, 0.3) is 0 Å². The SMILES string of the molecule is FC1=CC=C(CS)CC=C1. The number of rotatable bonds is 1. The lowest BCUT2D eigenvalue weighted by Crippen LogP contribution is -1.79. The minimum absolute atomic E-state index is 0.184. The summed E-state index contributed by atoms with van der Waals surface area (Å²) < 4.78 is 12.5. The van der Waals surface area contributed by atoms with Crippen molar-refractivity contribution >= 4 is 12.6 Å². The van der Waals surface area contributed by atoms with E-state index in [-0.39, 0.29) is 5.83 Å². The second-order valence-electron chi connectivity index (χ2n) is 2.14. The van der Waals surface area contributed by atoms with E-state index in [0.717, 1.165) is 12.0 Å². The van der Waals surface area contributed by atoms with Crippen LogP contribution in [0, 0.1) is 0 Å². The topological polar surface area (TPSA) is 0 Å². The Labute approximate surface area is 65.5 Å². The van der Waals surface area contributed by atoms with Gasteiger partial charge in [0, 0.05) is 5.75 Å². The molecule has 0 heterocycles. The highest BCUT2D eigenvalue weighted by Gasteiger charge is 1.95. The van der Waals surface area contributed by atoms with Crippen molar-refractivity contribution in [2.24, 2.45) is 0 Å². The fraction of sp³-hybridized carbons (Fsp3) is 0.250. The van der Waals surface area contributed by atoms with Crippen molar-refractivity contribution in [2.75, 3.05) is 5.75 Å². The van der Waals surface area contributed by atoms with Crippen LogP contribution in [-0.2, 0) is 0 Å². The third-order valence-electron chi connectivity index (χ3n) is 1.34. The number of thiol groups is 1. The third-order valence-corrected chi connectivity index (χ3v) is 1.74. The summed E-state index contributed by atoms with van der Waals surface area (Å²) in [6, 6.07) is 0. The predicted molar refractivity (Wildman–Crippen MR) is 44.9 cm³/mol. The summed E-state index contributed by atoms with van der Waals surface area (Å²) in [6.07, 6.45) is 7.35. The Morgan fingerprint density at radius 3 is 3.00 bits per heavy atom. The van der Waals surface area contributed by atoms with Crippen LogP contribution < -0.4 is 0 Å². The molecule has 0 saturated carbocycles. The molecule has 0 aromatic heterocycles. The molecule has 0 N–H and O–H groups in total. The largest absolute Gasteiger partial charge is 0.207 e. The number of halogens is 1. The van der Waals surface area contributed by atoms with Gasteiger partial charge in [-0.1, -0.05) is 17.7 Å². The lowest BCUT2D eigenvalue weighted by atomic mass is 10.2. The van der Waals surface area contributed by atoms with Crippen LogP contribution >= 0.6 is 12.6 Å². The number of hydrogen-bond donors (Lipinski definition) is 1. The maximum Gasteiger partial charge on any atom is 0.122 e. The van der Waals surface area contributed by atoms with E-state index in [1.165, 1.54) is 12.2 Å². The van der Waals surface area contributed by atoms with Gasteiger partial charge in [0.15, 0.2) is 0 Å². The first-order valence-corrected chi connectivity index (χ1v) is 3.79. The Kier molecular flexibility index (Phi) is 2.75. The van der Waals surface area contributed by atoms with Gasteiger partial charge in [0.1, 0.15) is 5.83 Å². The molecule has 0 unspecified atom stereocenters. The van der Waals surface area contributed by atoms with E-state index in [1.54, 1.807) is 12.2 Å². The maximum atomic E-state index is 12.5. The Hall–Kier alpha value is -0.500. The Morgan fingerprint density at radius 2 is 2.30 bits per heavy atom. The van der Waals surface area contributed by atoms with E-state index < -0.39 is 0 Å². The molecular formula is C8H9FS. The van der Waals surface area contributed by atoms with Gasteiger partial charge in [-0.25, -0.2) is 4.39 Å². The molecule has 0 nitrogen and oxygen atoms in total.